The van der Waals surface area contributed by atoms with E-state index in [1.54, 1.807) is 42.5 Å². The molecule has 0 aliphatic carbocycles. The second kappa shape index (κ2) is 8.06. The number of ketones is 1. The minimum atomic E-state index is -0.256. The Bertz CT molecular complexity index is 959. The number of carbonyl (C=O) groups excluding carboxylic acids is 2. The lowest BCUT2D eigenvalue weighted by Crippen LogP contribution is -2.25. The van der Waals surface area contributed by atoms with Crippen LogP contribution in [0, 0.1) is 11.3 Å². The highest BCUT2D eigenvalue weighted by atomic mass is 16.5. The minimum Gasteiger partial charge on any atom is -0.493 e. The largest absolute Gasteiger partial charge is 0.493 e. The van der Waals surface area contributed by atoms with E-state index in [1.807, 2.05) is 6.07 Å². The van der Waals surface area contributed by atoms with E-state index in [9.17, 15) is 9.59 Å². The van der Waals surface area contributed by atoms with Crippen molar-refractivity contribution in [2.75, 3.05) is 25.6 Å². The maximum absolute atomic E-state index is 12.4. The Morgan fingerprint density at radius 2 is 2.15 bits per heavy atom. The fourth-order valence-corrected chi connectivity index (χ4v) is 2.52. The number of carbonyl (C=O) groups is 2. The van der Waals surface area contributed by atoms with Crippen molar-refractivity contribution in [3.8, 4) is 23.3 Å². The number of allylic oxidation sites excluding steroid dienone is 1. The lowest BCUT2D eigenvalue weighted by molar-refractivity contribution is -0.118. The summed E-state index contributed by atoms with van der Waals surface area (Å²) in [5.41, 5.74) is 1.64. The number of nitrogens with zero attached hydrogens (tertiary/aromatic N) is 1. The molecule has 0 atom stereocenters. The van der Waals surface area contributed by atoms with E-state index < -0.39 is 0 Å². The average molecular weight is 364 g/mol. The molecule has 7 nitrogen and oxygen atoms in total. The lowest BCUT2D eigenvalue weighted by Gasteiger charge is -2.17. The normalized spacial score (nSPS) is 12.5. The van der Waals surface area contributed by atoms with Crippen LogP contribution in [0.2, 0.25) is 0 Å². The fraction of sp³-hybridized carbons (Fsp3) is 0.150. The topological polar surface area (TPSA) is 97.7 Å². The van der Waals surface area contributed by atoms with Crippen molar-refractivity contribution in [2.24, 2.45) is 0 Å². The molecule has 0 fully saturated rings. The molecule has 1 N–H and O–H groups in total. The first kappa shape index (κ1) is 18.0. The summed E-state index contributed by atoms with van der Waals surface area (Å²) in [7, 11) is 1.50. The highest BCUT2D eigenvalue weighted by Gasteiger charge is 2.17. The van der Waals surface area contributed by atoms with Crippen LogP contribution in [-0.4, -0.2) is 32.0 Å². The van der Waals surface area contributed by atoms with Gasteiger partial charge < -0.3 is 19.5 Å². The highest BCUT2D eigenvalue weighted by Crippen LogP contribution is 2.30. The number of hydrogen-bond acceptors (Lipinski definition) is 6. The molecule has 136 valence electrons. The van der Waals surface area contributed by atoms with Gasteiger partial charge in [0.2, 0.25) is 0 Å². The van der Waals surface area contributed by atoms with Crippen LogP contribution in [0.25, 0.3) is 6.08 Å². The molecule has 0 radical (unpaired) electrons. The summed E-state index contributed by atoms with van der Waals surface area (Å²) >= 11 is 0. The summed E-state index contributed by atoms with van der Waals surface area (Å²) in [4.78, 5) is 23.8. The number of rotatable bonds is 6. The number of fused-ring (bicyclic) bond motifs is 1. The lowest BCUT2D eigenvalue weighted by atomic mass is 10.1. The SMILES string of the molecule is COc1cc(C=CC(=O)c2ccc3c(c2)NC(=O)CO3)ccc1OCC#N. The van der Waals surface area contributed by atoms with Crippen molar-refractivity contribution in [2.45, 2.75) is 0 Å². The van der Waals surface area contributed by atoms with Gasteiger partial charge in [-0.2, -0.15) is 5.26 Å². The van der Waals surface area contributed by atoms with Gasteiger partial charge in [-0.05, 0) is 42.0 Å². The van der Waals surface area contributed by atoms with Gasteiger partial charge in [0.1, 0.15) is 11.8 Å². The smallest absolute Gasteiger partial charge is 0.262 e. The van der Waals surface area contributed by atoms with Gasteiger partial charge in [0.25, 0.3) is 5.91 Å². The molecule has 2 aromatic rings. The van der Waals surface area contributed by atoms with Gasteiger partial charge in [-0.3, -0.25) is 9.59 Å². The van der Waals surface area contributed by atoms with Gasteiger partial charge in [0, 0.05) is 5.56 Å². The third-order valence-electron chi connectivity index (χ3n) is 3.80. The molecule has 1 aliphatic rings. The van der Waals surface area contributed by atoms with Crippen LogP contribution in [0.1, 0.15) is 15.9 Å². The summed E-state index contributed by atoms with van der Waals surface area (Å²) in [5.74, 6) is 0.976. The Kier molecular flexibility index (Phi) is 5.38. The molecule has 0 saturated heterocycles. The van der Waals surface area contributed by atoms with E-state index >= 15 is 0 Å². The highest BCUT2D eigenvalue weighted by molar-refractivity contribution is 6.08. The molecule has 1 aliphatic heterocycles. The zero-order valence-electron chi connectivity index (χ0n) is 14.5. The average Bonchev–Trinajstić information content (AvgIpc) is 2.70. The molecule has 7 heteroatoms. The molecular weight excluding hydrogens is 348 g/mol. The second-order valence-corrected chi connectivity index (χ2v) is 5.60. The van der Waals surface area contributed by atoms with Crippen LogP contribution < -0.4 is 19.5 Å². The summed E-state index contributed by atoms with van der Waals surface area (Å²) in [5, 5.41) is 11.3. The molecule has 3 rings (SSSR count). The maximum atomic E-state index is 12.4. The maximum Gasteiger partial charge on any atom is 0.262 e. The zero-order chi connectivity index (χ0) is 19.2. The van der Waals surface area contributed by atoms with Gasteiger partial charge in [0.15, 0.2) is 30.5 Å². The molecule has 0 unspecified atom stereocenters. The van der Waals surface area contributed by atoms with Crippen molar-refractivity contribution in [3.05, 3.63) is 53.6 Å². The second-order valence-electron chi connectivity index (χ2n) is 5.60. The van der Waals surface area contributed by atoms with Crippen molar-refractivity contribution < 1.29 is 23.8 Å². The molecule has 1 amide bonds. The number of methoxy groups -OCH3 is 1. The number of anilines is 1. The van der Waals surface area contributed by atoms with Crippen molar-refractivity contribution in [1.82, 2.24) is 0 Å². The first-order valence-corrected chi connectivity index (χ1v) is 8.07. The molecule has 1 heterocycles. The Morgan fingerprint density at radius 1 is 1.30 bits per heavy atom. The van der Waals surface area contributed by atoms with Crippen LogP contribution in [0.5, 0.6) is 17.2 Å². The first-order valence-electron chi connectivity index (χ1n) is 8.07. The van der Waals surface area contributed by atoms with Gasteiger partial charge in [0.05, 0.1) is 12.8 Å². The quantitative estimate of drug-likeness (QED) is 0.625. The van der Waals surface area contributed by atoms with E-state index in [1.165, 1.54) is 13.2 Å². The molecule has 0 bridgehead atoms. The number of nitrogens with one attached hydrogen (secondary N) is 1. The molecule has 27 heavy (non-hydrogen) atoms. The van der Waals surface area contributed by atoms with E-state index in [0.29, 0.717) is 28.5 Å². The molecule has 0 aromatic heterocycles. The first-order chi connectivity index (χ1) is 13.1. The van der Waals surface area contributed by atoms with Crippen LogP contribution in [0.3, 0.4) is 0 Å². The molecular formula is C20H16N2O5. The van der Waals surface area contributed by atoms with Crippen LogP contribution in [-0.2, 0) is 4.79 Å². The standard InChI is InChI=1S/C20H16N2O5/c1-25-19-10-13(3-6-18(19)26-9-8-21)2-5-16(23)14-4-7-17-15(11-14)22-20(24)12-27-17/h2-7,10-11H,9,12H2,1H3,(H,22,24). The minimum absolute atomic E-state index is 0.0316. The van der Waals surface area contributed by atoms with Crippen molar-refractivity contribution in [1.29, 1.82) is 5.26 Å². The number of nitriles is 1. The van der Waals surface area contributed by atoms with Crippen LogP contribution >= 0.6 is 0 Å². The summed E-state index contributed by atoms with van der Waals surface area (Å²) in [6.45, 7) is -0.112. The molecule has 0 saturated carbocycles. The third-order valence-corrected chi connectivity index (χ3v) is 3.80. The summed E-state index contributed by atoms with van der Waals surface area (Å²) in [6.07, 6.45) is 3.07. The predicted molar refractivity (Wildman–Crippen MR) is 98.0 cm³/mol. The Labute approximate surface area is 155 Å². The van der Waals surface area contributed by atoms with Crippen molar-refractivity contribution in [3.63, 3.8) is 0 Å². The molecule has 2 aromatic carbocycles. The fourth-order valence-electron chi connectivity index (χ4n) is 2.52. The number of ether oxygens (including phenoxy) is 3. The van der Waals surface area contributed by atoms with Crippen LogP contribution in [0.4, 0.5) is 5.69 Å². The Morgan fingerprint density at radius 3 is 2.93 bits per heavy atom. The number of hydrogen-bond donors (Lipinski definition) is 1. The van der Waals surface area contributed by atoms with Crippen LogP contribution in [0.15, 0.2) is 42.5 Å². The Balaban J connectivity index is 1.76. The van der Waals surface area contributed by atoms with Gasteiger partial charge in [-0.1, -0.05) is 12.1 Å². The van der Waals surface area contributed by atoms with Gasteiger partial charge in [-0.15, -0.1) is 0 Å². The third kappa shape index (κ3) is 4.25. The Hall–Kier alpha value is -3.79. The van der Waals surface area contributed by atoms with Gasteiger partial charge >= 0.3 is 0 Å². The summed E-state index contributed by atoms with van der Waals surface area (Å²) in [6, 6.07) is 11.9. The predicted octanol–water partition coefficient (Wildman–Crippen LogP) is 2.82. The number of amides is 1. The number of benzene rings is 2. The molecule has 0 spiro atoms. The van der Waals surface area contributed by atoms with E-state index in [4.69, 9.17) is 19.5 Å². The van der Waals surface area contributed by atoms with E-state index in [2.05, 4.69) is 5.32 Å². The van der Waals surface area contributed by atoms with E-state index in [-0.39, 0.29) is 24.9 Å². The van der Waals surface area contributed by atoms with E-state index in [0.717, 1.165) is 5.56 Å². The zero-order valence-corrected chi connectivity index (χ0v) is 14.5. The monoisotopic (exact) mass is 364 g/mol. The summed E-state index contributed by atoms with van der Waals surface area (Å²) < 4.78 is 15.8. The van der Waals surface area contributed by atoms with Gasteiger partial charge in [-0.25, -0.2) is 0 Å². The van der Waals surface area contributed by atoms with Crippen molar-refractivity contribution >= 4 is 23.5 Å².